The summed E-state index contributed by atoms with van der Waals surface area (Å²) in [6.07, 6.45) is 12.7. The molecular weight excluding hydrogens is 152 g/mol. The zero-order valence-corrected chi connectivity index (χ0v) is 6.90. The van der Waals surface area contributed by atoms with Gasteiger partial charge in [0.25, 0.3) is 0 Å². The third-order valence-corrected chi connectivity index (χ3v) is 1.93. The maximum absolute atomic E-state index is 5.55. The van der Waals surface area contributed by atoms with Crippen molar-refractivity contribution in [2.75, 3.05) is 13.2 Å². The van der Waals surface area contributed by atoms with E-state index in [1.807, 2.05) is 36.5 Å². The van der Waals surface area contributed by atoms with Crippen LogP contribution in [0.4, 0.5) is 0 Å². The smallest absolute Gasteiger partial charge is 0.208 e. The molecule has 1 aliphatic heterocycles. The number of hydrogen-bond donors (Lipinski definition) is 0. The first-order valence-electron chi connectivity index (χ1n) is 4.23. The van der Waals surface area contributed by atoms with Gasteiger partial charge in [-0.05, 0) is 18.6 Å². The van der Waals surface area contributed by atoms with E-state index in [1.54, 1.807) is 0 Å². The molecule has 2 rings (SSSR count). The summed E-state index contributed by atoms with van der Waals surface area (Å²) in [4.78, 5) is 0. The van der Waals surface area contributed by atoms with Crippen LogP contribution in [-0.2, 0) is 9.47 Å². The van der Waals surface area contributed by atoms with Crippen LogP contribution in [0.1, 0.15) is 6.42 Å². The standard InChI is InChI=1S/C10H12O2/c1-2-4-7-10(6-3-1)11-8-5-9-12-10/h1-4,6-7H,5,8-9H2. The molecule has 0 amide bonds. The largest absolute Gasteiger partial charge is 0.343 e. The second kappa shape index (κ2) is 3.25. The predicted octanol–water partition coefficient (Wildman–Crippen LogP) is 1.80. The van der Waals surface area contributed by atoms with Crippen molar-refractivity contribution in [3.8, 4) is 0 Å². The lowest BCUT2D eigenvalue weighted by Gasteiger charge is -2.31. The van der Waals surface area contributed by atoms with E-state index in [0.717, 1.165) is 19.6 Å². The molecule has 2 heteroatoms. The van der Waals surface area contributed by atoms with Gasteiger partial charge >= 0.3 is 0 Å². The third kappa shape index (κ3) is 1.49. The summed E-state index contributed by atoms with van der Waals surface area (Å²) >= 11 is 0. The first-order chi connectivity index (χ1) is 5.91. The lowest BCUT2D eigenvalue weighted by atomic mass is 10.2. The van der Waals surface area contributed by atoms with Crippen molar-refractivity contribution in [1.82, 2.24) is 0 Å². The molecule has 2 aliphatic rings. The second-order valence-electron chi connectivity index (χ2n) is 2.88. The van der Waals surface area contributed by atoms with Gasteiger partial charge in [0.1, 0.15) is 0 Å². The summed E-state index contributed by atoms with van der Waals surface area (Å²) in [7, 11) is 0. The Morgan fingerprint density at radius 3 is 2.00 bits per heavy atom. The first kappa shape index (κ1) is 7.77. The van der Waals surface area contributed by atoms with Gasteiger partial charge in [-0.3, -0.25) is 0 Å². The van der Waals surface area contributed by atoms with Crippen molar-refractivity contribution in [2.24, 2.45) is 0 Å². The summed E-state index contributed by atoms with van der Waals surface area (Å²) in [5.41, 5.74) is 0. The van der Waals surface area contributed by atoms with Gasteiger partial charge in [0.05, 0.1) is 13.2 Å². The summed E-state index contributed by atoms with van der Waals surface area (Å²) in [6.45, 7) is 1.54. The van der Waals surface area contributed by atoms with E-state index >= 15 is 0 Å². The molecule has 0 unspecified atom stereocenters. The lowest BCUT2D eigenvalue weighted by molar-refractivity contribution is -0.205. The molecule has 1 aliphatic carbocycles. The molecule has 0 aromatic rings. The SMILES string of the molecule is C1=CC=CC2(C=C1)OCCCO2. The van der Waals surface area contributed by atoms with Crippen LogP contribution in [0, 0.1) is 0 Å². The van der Waals surface area contributed by atoms with Gasteiger partial charge in [-0.15, -0.1) is 0 Å². The van der Waals surface area contributed by atoms with E-state index in [0.29, 0.717) is 0 Å². The molecule has 1 fully saturated rings. The molecule has 64 valence electrons. The van der Waals surface area contributed by atoms with Crippen molar-refractivity contribution in [1.29, 1.82) is 0 Å². The quantitative estimate of drug-likeness (QED) is 0.543. The Balaban J connectivity index is 2.18. The van der Waals surface area contributed by atoms with Gasteiger partial charge in [-0.2, -0.15) is 0 Å². The Morgan fingerprint density at radius 2 is 1.42 bits per heavy atom. The molecule has 0 radical (unpaired) electrons. The molecule has 0 atom stereocenters. The predicted molar refractivity (Wildman–Crippen MR) is 46.7 cm³/mol. The van der Waals surface area contributed by atoms with E-state index in [1.165, 1.54) is 0 Å². The average molecular weight is 164 g/mol. The number of rotatable bonds is 0. The van der Waals surface area contributed by atoms with E-state index in [-0.39, 0.29) is 0 Å². The fourth-order valence-electron chi connectivity index (χ4n) is 1.32. The van der Waals surface area contributed by atoms with Gasteiger partial charge in [0.15, 0.2) is 0 Å². The monoisotopic (exact) mass is 164 g/mol. The number of hydrogen-bond acceptors (Lipinski definition) is 2. The fraction of sp³-hybridized carbons (Fsp3) is 0.400. The highest BCUT2D eigenvalue weighted by molar-refractivity contribution is 5.24. The maximum Gasteiger partial charge on any atom is 0.208 e. The Bertz CT molecular complexity index is 214. The van der Waals surface area contributed by atoms with Crippen LogP contribution in [0.15, 0.2) is 36.5 Å². The Hall–Kier alpha value is -0.860. The molecule has 2 nitrogen and oxygen atoms in total. The molecule has 1 saturated heterocycles. The molecule has 1 spiro atoms. The van der Waals surface area contributed by atoms with E-state index < -0.39 is 5.79 Å². The number of ether oxygens (including phenoxy) is 2. The van der Waals surface area contributed by atoms with E-state index in [9.17, 15) is 0 Å². The molecule has 0 bridgehead atoms. The maximum atomic E-state index is 5.55. The highest BCUT2D eigenvalue weighted by Crippen LogP contribution is 2.23. The van der Waals surface area contributed by atoms with Crippen molar-refractivity contribution >= 4 is 0 Å². The van der Waals surface area contributed by atoms with Gasteiger partial charge in [-0.25, -0.2) is 0 Å². The molecular formula is C10H12O2. The topological polar surface area (TPSA) is 18.5 Å². The minimum atomic E-state index is -0.582. The normalized spacial score (nSPS) is 26.0. The van der Waals surface area contributed by atoms with E-state index in [2.05, 4.69) is 0 Å². The Labute approximate surface area is 72.2 Å². The average Bonchev–Trinajstić information content (AvgIpc) is 2.33. The summed E-state index contributed by atoms with van der Waals surface area (Å²) in [5, 5.41) is 0. The van der Waals surface area contributed by atoms with Crippen LogP contribution in [0.25, 0.3) is 0 Å². The third-order valence-electron chi connectivity index (χ3n) is 1.93. The zero-order chi connectivity index (χ0) is 8.28. The molecule has 0 aromatic heterocycles. The highest BCUT2D eigenvalue weighted by atomic mass is 16.7. The molecule has 0 N–H and O–H groups in total. The van der Waals surface area contributed by atoms with Crippen LogP contribution < -0.4 is 0 Å². The van der Waals surface area contributed by atoms with Crippen LogP contribution in [0.5, 0.6) is 0 Å². The van der Waals surface area contributed by atoms with Crippen molar-refractivity contribution in [2.45, 2.75) is 12.2 Å². The molecule has 1 heterocycles. The minimum Gasteiger partial charge on any atom is -0.343 e. The van der Waals surface area contributed by atoms with Crippen molar-refractivity contribution < 1.29 is 9.47 Å². The summed E-state index contributed by atoms with van der Waals surface area (Å²) in [5.74, 6) is -0.582. The van der Waals surface area contributed by atoms with Crippen LogP contribution in [0.3, 0.4) is 0 Å². The lowest BCUT2D eigenvalue weighted by Crippen LogP contribution is -2.36. The van der Waals surface area contributed by atoms with Crippen LogP contribution in [0.2, 0.25) is 0 Å². The first-order valence-corrected chi connectivity index (χ1v) is 4.23. The van der Waals surface area contributed by atoms with Gasteiger partial charge < -0.3 is 9.47 Å². The fourth-order valence-corrected chi connectivity index (χ4v) is 1.32. The molecule has 0 aromatic carbocycles. The van der Waals surface area contributed by atoms with Gasteiger partial charge in [-0.1, -0.05) is 24.3 Å². The zero-order valence-electron chi connectivity index (χ0n) is 6.90. The van der Waals surface area contributed by atoms with E-state index in [4.69, 9.17) is 9.47 Å². The van der Waals surface area contributed by atoms with Crippen molar-refractivity contribution in [3.05, 3.63) is 36.5 Å². The summed E-state index contributed by atoms with van der Waals surface area (Å²) < 4.78 is 11.1. The Morgan fingerprint density at radius 1 is 0.833 bits per heavy atom. The number of allylic oxidation sites excluding steroid dienone is 4. The Kier molecular flexibility index (Phi) is 2.11. The van der Waals surface area contributed by atoms with Crippen molar-refractivity contribution in [3.63, 3.8) is 0 Å². The second-order valence-corrected chi connectivity index (χ2v) is 2.88. The molecule has 0 saturated carbocycles. The molecule has 12 heavy (non-hydrogen) atoms. The van der Waals surface area contributed by atoms with Gasteiger partial charge in [0.2, 0.25) is 5.79 Å². The van der Waals surface area contributed by atoms with Gasteiger partial charge in [0, 0.05) is 0 Å². The summed E-state index contributed by atoms with van der Waals surface area (Å²) in [6, 6.07) is 0. The highest BCUT2D eigenvalue weighted by Gasteiger charge is 2.28. The van der Waals surface area contributed by atoms with Crippen LogP contribution in [-0.4, -0.2) is 19.0 Å². The van der Waals surface area contributed by atoms with Crippen LogP contribution >= 0.6 is 0 Å². The minimum absolute atomic E-state index is 0.582.